The minimum absolute atomic E-state index is 0.0228. The Morgan fingerprint density at radius 3 is 2.43 bits per heavy atom. The highest BCUT2D eigenvalue weighted by Crippen LogP contribution is 2.27. The summed E-state index contributed by atoms with van der Waals surface area (Å²) in [7, 11) is -3.94. The molecule has 1 aliphatic heterocycles. The number of ether oxygens (including phenoxy) is 1. The Labute approximate surface area is 175 Å². The minimum Gasteiger partial charge on any atom is -0.447 e. The summed E-state index contributed by atoms with van der Waals surface area (Å²) < 4.78 is 33.4. The second-order valence-corrected chi connectivity index (χ2v) is 8.63. The molecule has 8 nitrogen and oxygen atoms in total. The zero-order valence-corrected chi connectivity index (χ0v) is 17.5. The van der Waals surface area contributed by atoms with E-state index in [1.54, 1.807) is 32.0 Å². The molecule has 0 fully saturated rings. The van der Waals surface area contributed by atoms with Crippen LogP contribution in [-0.4, -0.2) is 32.2 Å². The smallest absolute Gasteiger partial charge is 0.407 e. The second-order valence-electron chi connectivity index (χ2n) is 7.06. The number of hydrogen-bond acceptors (Lipinski definition) is 6. The number of nitrogens with zero attached hydrogens (tertiary/aromatic N) is 1. The van der Waals surface area contributed by atoms with Crippen LogP contribution in [-0.2, 0) is 19.6 Å². The molecule has 1 heterocycles. The Morgan fingerprint density at radius 1 is 1.07 bits per heavy atom. The number of carbonyl (C=O) groups is 2. The van der Waals surface area contributed by atoms with Crippen molar-refractivity contribution in [3.63, 3.8) is 0 Å². The molecule has 0 bridgehead atoms. The van der Waals surface area contributed by atoms with E-state index < -0.39 is 27.9 Å². The summed E-state index contributed by atoms with van der Waals surface area (Å²) >= 11 is 0. The summed E-state index contributed by atoms with van der Waals surface area (Å²) in [5.41, 5.74) is 1.12. The maximum absolute atomic E-state index is 12.7. The van der Waals surface area contributed by atoms with E-state index in [0.717, 1.165) is 5.56 Å². The van der Waals surface area contributed by atoms with E-state index in [2.05, 4.69) is 15.0 Å². The third kappa shape index (κ3) is 5.24. The lowest BCUT2D eigenvalue weighted by Gasteiger charge is -2.21. The van der Waals surface area contributed by atoms with Crippen molar-refractivity contribution < 1.29 is 22.7 Å². The van der Waals surface area contributed by atoms with Gasteiger partial charge in [0.25, 0.3) is 10.0 Å². The van der Waals surface area contributed by atoms with E-state index in [0.29, 0.717) is 5.69 Å². The number of amidine groups is 1. The van der Waals surface area contributed by atoms with Gasteiger partial charge in [0.15, 0.2) is 11.6 Å². The Balaban J connectivity index is 1.73. The number of benzene rings is 2. The van der Waals surface area contributed by atoms with Gasteiger partial charge in [-0.3, -0.25) is 4.79 Å². The quantitative estimate of drug-likeness (QED) is 0.697. The van der Waals surface area contributed by atoms with Crippen molar-refractivity contribution in [1.82, 2.24) is 5.32 Å². The molecular formula is C21H23N3O5S. The Morgan fingerprint density at radius 2 is 1.73 bits per heavy atom. The molecule has 0 spiro atoms. The highest BCUT2D eigenvalue weighted by molar-refractivity contribution is 7.90. The number of para-hydroxylation sites is 1. The van der Waals surface area contributed by atoms with Gasteiger partial charge in [-0.15, -0.1) is 4.40 Å². The molecule has 2 aromatic carbocycles. The number of ketones is 1. The number of hydrogen-bond donors (Lipinski definition) is 2. The Kier molecular flexibility index (Phi) is 6.51. The Hall–Kier alpha value is -3.20. The van der Waals surface area contributed by atoms with Gasteiger partial charge in [0, 0.05) is 6.42 Å². The molecule has 0 saturated carbocycles. The van der Waals surface area contributed by atoms with E-state index >= 15 is 0 Å². The fourth-order valence-corrected chi connectivity index (χ4v) is 4.16. The molecule has 1 amide bonds. The van der Waals surface area contributed by atoms with Gasteiger partial charge in [-0.25, -0.2) is 4.79 Å². The number of sulfonamides is 1. The third-order valence-electron chi connectivity index (χ3n) is 4.39. The topological polar surface area (TPSA) is 114 Å². The first-order valence-corrected chi connectivity index (χ1v) is 11.0. The van der Waals surface area contributed by atoms with Crippen LogP contribution in [0.25, 0.3) is 0 Å². The average molecular weight is 429 g/mol. The molecule has 2 N–H and O–H groups in total. The molecule has 9 heteroatoms. The normalized spacial score (nSPS) is 15.4. The number of nitrogens with one attached hydrogen (secondary N) is 2. The van der Waals surface area contributed by atoms with Crippen LogP contribution in [0.2, 0.25) is 0 Å². The van der Waals surface area contributed by atoms with Crippen molar-refractivity contribution in [1.29, 1.82) is 0 Å². The zero-order chi connectivity index (χ0) is 21.7. The number of carbonyl (C=O) groups excluding carboxylic acids is 2. The van der Waals surface area contributed by atoms with Crippen LogP contribution in [0.4, 0.5) is 10.5 Å². The molecule has 2 aromatic rings. The van der Waals surface area contributed by atoms with Crippen molar-refractivity contribution >= 4 is 33.4 Å². The molecule has 3 rings (SSSR count). The van der Waals surface area contributed by atoms with E-state index in [4.69, 9.17) is 4.74 Å². The lowest BCUT2D eigenvalue weighted by Crippen LogP contribution is -2.33. The standard InChI is InChI=1S/C21H23N3O5S/c1-14(2)29-21(26)23-16(15-8-4-3-5-9-15)12-13-18(25)20-22-17-10-6-7-11-19(17)30(27,28)24-20/h3-11,14,16H,12-13H2,1-2H3,(H,22,24)(H,23,26). The van der Waals surface area contributed by atoms with Gasteiger partial charge in [-0.1, -0.05) is 42.5 Å². The van der Waals surface area contributed by atoms with Crippen molar-refractivity contribution in [3.05, 3.63) is 60.2 Å². The van der Waals surface area contributed by atoms with Gasteiger partial charge in [0.2, 0.25) is 0 Å². The predicted molar refractivity (Wildman–Crippen MR) is 113 cm³/mol. The van der Waals surface area contributed by atoms with Crippen LogP contribution in [0.3, 0.4) is 0 Å². The molecule has 1 unspecified atom stereocenters. The van der Waals surface area contributed by atoms with Crippen molar-refractivity contribution in [2.24, 2.45) is 4.40 Å². The predicted octanol–water partition coefficient (Wildman–Crippen LogP) is 3.42. The first-order valence-electron chi connectivity index (χ1n) is 9.52. The van der Waals surface area contributed by atoms with Gasteiger partial charge < -0.3 is 15.4 Å². The molecule has 0 aliphatic carbocycles. The fraction of sp³-hybridized carbons (Fsp3) is 0.286. The maximum Gasteiger partial charge on any atom is 0.407 e. The second kappa shape index (κ2) is 9.08. The number of anilines is 1. The van der Waals surface area contributed by atoms with E-state index in [9.17, 15) is 18.0 Å². The first-order chi connectivity index (χ1) is 14.3. The third-order valence-corrected chi connectivity index (χ3v) is 5.73. The summed E-state index contributed by atoms with van der Waals surface area (Å²) in [6.45, 7) is 3.48. The van der Waals surface area contributed by atoms with Crippen LogP contribution >= 0.6 is 0 Å². The lowest BCUT2D eigenvalue weighted by molar-refractivity contribution is -0.113. The molecular weight excluding hydrogens is 406 g/mol. The molecule has 1 atom stereocenters. The summed E-state index contributed by atoms with van der Waals surface area (Å²) in [6.07, 6.45) is -0.645. The monoisotopic (exact) mass is 429 g/mol. The number of rotatable bonds is 7. The van der Waals surface area contributed by atoms with E-state index in [-0.39, 0.29) is 29.7 Å². The van der Waals surface area contributed by atoms with Gasteiger partial charge in [-0.05, 0) is 38.0 Å². The Bertz CT molecular complexity index is 1070. The van der Waals surface area contributed by atoms with Gasteiger partial charge in [-0.2, -0.15) is 8.42 Å². The summed E-state index contributed by atoms with van der Waals surface area (Å²) in [5, 5.41) is 5.55. The van der Waals surface area contributed by atoms with Crippen LogP contribution in [0, 0.1) is 0 Å². The van der Waals surface area contributed by atoms with Crippen molar-refractivity contribution in [2.75, 3.05) is 5.32 Å². The first kappa shape index (κ1) is 21.5. The van der Waals surface area contributed by atoms with Gasteiger partial charge in [0.1, 0.15) is 4.90 Å². The molecule has 0 radical (unpaired) electrons. The summed E-state index contributed by atoms with van der Waals surface area (Å²) in [4.78, 5) is 24.8. The number of fused-ring (bicyclic) bond motifs is 1. The molecule has 0 aromatic heterocycles. The van der Waals surface area contributed by atoms with Crippen LogP contribution in [0.1, 0.15) is 38.3 Å². The SMILES string of the molecule is CC(C)OC(=O)NC(CCC(=O)C1=NS(=O)(=O)c2ccccc2N1)c1ccccc1. The van der Waals surface area contributed by atoms with E-state index in [1.165, 1.54) is 6.07 Å². The number of amides is 1. The highest BCUT2D eigenvalue weighted by atomic mass is 32.2. The summed E-state index contributed by atoms with van der Waals surface area (Å²) in [5.74, 6) is -0.696. The average Bonchev–Trinajstić information content (AvgIpc) is 2.70. The van der Waals surface area contributed by atoms with Gasteiger partial charge in [0.05, 0.1) is 17.8 Å². The largest absolute Gasteiger partial charge is 0.447 e. The molecule has 0 saturated heterocycles. The van der Waals surface area contributed by atoms with Crippen molar-refractivity contribution in [3.8, 4) is 0 Å². The van der Waals surface area contributed by atoms with Crippen LogP contribution in [0.5, 0.6) is 0 Å². The highest BCUT2D eigenvalue weighted by Gasteiger charge is 2.28. The van der Waals surface area contributed by atoms with Gasteiger partial charge >= 0.3 is 6.09 Å². The summed E-state index contributed by atoms with van der Waals surface area (Å²) in [6, 6.07) is 15.0. The number of alkyl carbamates (subject to hydrolysis) is 1. The molecule has 1 aliphatic rings. The maximum atomic E-state index is 12.7. The number of Topliss-reactive ketones (excluding diaryl/α,β-unsaturated/α-hetero) is 1. The van der Waals surface area contributed by atoms with Crippen LogP contribution < -0.4 is 10.6 Å². The zero-order valence-electron chi connectivity index (χ0n) is 16.7. The molecule has 158 valence electrons. The fourth-order valence-electron chi connectivity index (χ4n) is 3.03. The minimum atomic E-state index is -3.94. The van der Waals surface area contributed by atoms with Crippen molar-refractivity contribution in [2.45, 2.75) is 43.7 Å². The van der Waals surface area contributed by atoms with E-state index in [1.807, 2.05) is 30.3 Å². The lowest BCUT2D eigenvalue weighted by atomic mass is 10.0. The molecule has 30 heavy (non-hydrogen) atoms. The van der Waals surface area contributed by atoms with Crippen LogP contribution in [0.15, 0.2) is 63.9 Å².